The van der Waals surface area contributed by atoms with Crippen molar-refractivity contribution in [2.45, 2.75) is 19.3 Å². The summed E-state index contributed by atoms with van der Waals surface area (Å²) in [5.74, 6) is 0.597. The van der Waals surface area contributed by atoms with Crippen LogP contribution in [0.2, 0.25) is 0 Å². The number of benzene rings is 3. The van der Waals surface area contributed by atoms with Gasteiger partial charge in [0.25, 0.3) is 5.91 Å². The van der Waals surface area contributed by atoms with Gasteiger partial charge in [-0.1, -0.05) is 61.2 Å². The van der Waals surface area contributed by atoms with Crippen molar-refractivity contribution in [1.29, 1.82) is 0 Å². The minimum atomic E-state index is -0.121. The smallest absolute Gasteiger partial charge is 0.251 e. The predicted octanol–water partition coefficient (Wildman–Crippen LogP) is 5.15. The van der Waals surface area contributed by atoms with Crippen LogP contribution in [-0.4, -0.2) is 26.0 Å². The van der Waals surface area contributed by atoms with Gasteiger partial charge in [-0.2, -0.15) is 0 Å². The minimum Gasteiger partial charge on any atom is -0.397 e. The number of carbonyl (C=O) groups is 1. The third-order valence-electron chi connectivity index (χ3n) is 6.42. The molecule has 1 fully saturated rings. The number of anilines is 2. The van der Waals surface area contributed by atoms with Crippen molar-refractivity contribution in [1.82, 2.24) is 5.32 Å². The van der Waals surface area contributed by atoms with Crippen LogP contribution in [0.1, 0.15) is 39.9 Å². The summed E-state index contributed by atoms with van der Waals surface area (Å²) in [6.45, 7) is 6.29. The van der Waals surface area contributed by atoms with E-state index in [2.05, 4.69) is 59.3 Å². The average molecular weight is 426 g/mol. The van der Waals surface area contributed by atoms with Crippen LogP contribution in [-0.2, 0) is 6.42 Å². The molecule has 0 bridgehead atoms. The maximum absolute atomic E-state index is 12.3. The fourth-order valence-electron chi connectivity index (χ4n) is 4.59. The highest BCUT2D eigenvalue weighted by Crippen LogP contribution is 2.33. The van der Waals surface area contributed by atoms with Gasteiger partial charge in [0.1, 0.15) is 0 Å². The number of nitrogen functional groups attached to an aromatic ring is 1. The molecule has 0 aliphatic carbocycles. The second-order valence-corrected chi connectivity index (χ2v) is 8.50. The first-order valence-electron chi connectivity index (χ1n) is 11.3. The van der Waals surface area contributed by atoms with E-state index in [-0.39, 0.29) is 5.91 Å². The summed E-state index contributed by atoms with van der Waals surface area (Å²) in [4.78, 5) is 14.6. The largest absolute Gasteiger partial charge is 0.397 e. The van der Waals surface area contributed by atoms with Crippen molar-refractivity contribution in [3.63, 3.8) is 0 Å². The molecule has 3 aromatic carbocycles. The van der Waals surface area contributed by atoms with Gasteiger partial charge < -0.3 is 16.0 Å². The zero-order valence-electron chi connectivity index (χ0n) is 18.7. The third kappa shape index (κ3) is 4.70. The molecule has 1 aliphatic heterocycles. The molecule has 0 radical (unpaired) electrons. The molecule has 0 unspecified atom stereocenters. The van der Waals surface area contributed by atoms with Gasteiger partial charge in [0, 0.05) is 25.7 Å². The Hall–Kier alpha value is -3.53. The molecular formula is C28H31N3O. The van der Waals surface area contributed by atoms with E-state index in [1.54, 1.807) is 7.05 Å². The molecule has 32 heavy (non-hydrogen) atoms. The van der Waals surface area contributed by atoms with Crippen molar-refractivity contribution in [3.05, 3.63) is 102 Å². The van der Waals surface area contributed by atoms with Crippen LogP contribution in [0, 0.1) is 5.92 Å². The summed E-state index contributed by atoms with van der Waals surface area (Å²) >= 11 is 0. The molecule has 1 heterocycles. The standard InChI is InChI=1S/C28H31N3O/c1-20(24-10-6-7-11-25(24)28(32)30-2)23-12-13-27(26(29)19-23)31-16-14-22(15-17-31)18-21-8-4-3-5-9-21/h3-13,19,22H,1,14-18,29H2,2H3,(H,30,32). The van der Waals surface area contributed by atoms with E-state index in [1.165, 1.54) is 18.4 Å². The number of carbonyl (C=O) groups excluding carboxylic acids is 1. The van der Waals surface area contributed by atoms with Gasteiger partial charge >= 0.3 is 0 Å². The number of nitrogens with zero attached hydrogens (tertiary/aromatic N) is 1. The number of nitrogens with two attached hydrogens (primary N) is 1. The van der Waals surface area contributed by atoms with Crippen LogP contribution < -0.4 is 16.0 Å². The monoisotopic (exact) mass is 425 g/mol. The molecule has 0 spiro atoms. The molecule has 0 aromatic heterocycles. The van der Waals surface area contributed by atoms with E-state index >= 15 is 0 Å². The fourth-order valence-corrected chi connectivity index (χ4v) is 4.59. The minimum absolute atomic E-state index is 0.121. The quantitative estimate of drug-likeness (QED) is 0.537. The summed E-state index contributed by atoms with van der Waals surface area (Å²) in [6.07, 6.45) is 3.48. The van der Waals surface area contributed by atoms with Crippen LogP contribution >= 0.6 is 0 Å². The summed E-state index contributed by atoms with van der Waals surface area (Å²) in [7, 11) is 1.64. The van der Waals surface area contributed by atoms with Crippen LogP contribution in [0.25, 0.3) is 5.57 Å². The van der Waals surface area contributed by atoms with Crippen LogP contribution in [0.4, 0.5) is 11.4 Å². The van der Waals surface area contributed by atoms with Gasteiger partial charge in [0.2, 0.25) is 0 Å². The maximum Gasteiger partial charge on any atom is 0.251 e. The second-order valence-electron chi connectivity index (χ2n) is 8.50. The molecule has 4 heteroatoms. The van der Waals surface area contributed by atoms with Crippen molar-refractivity contribution in [2.75, 3.05) is 30.8 Å². The molecule has 4 nitrogen and oxygen atoms in total. The topological polar surface area (TPSA) is 58.4 Å². The summed E-state index contributed by atoms with van der Waals surface area (Å²) in [5, 5.41) is 2.70. The maximum atomic E-state index is 12.3. The highest BCUT2D eigenvalue weighted by Gasteiger charge is 2.21. The Morgan fingerprint density at radius 2 is 1.66 bits per heavy atom. The van der Waals surface area contributed by atoms with Crippen molar-refractivity contribution >= 4 is 22.9 Å². The lowest BCUT2D eigenvalue weighted by Gasteiger charge is -2.34. The van der Waals surface area contributed by atoms with Gasteiger partial charge in [0.05, 0.1) is 11.4 Å². The number of rotatable bonds is 6. The molecule has 3 aromatic rings. The van der Waals surface area contributed by atoms with Gasteiger partial charge in [0.15, 0.2) is 0 Å². The molecular weight excluding hydrogens is 394 g/mol. The lowest BCUT2D eigenvalue weighted by atomic mass is 9.89. The van der Waals surface area contributed by atoms with Crippen LogP contribution in [0.3, 0.4) is 0 Å². The van der Waals surface area contributed by atoms with Crippen molar-refractivity contribution in [2.24, 2.45) is 5.92 Å². The van der Waals surface area contributed by atoms with Crippen LogP contribution in [0.5, 0.6) is 0 Å². The molecule has 1 amide bonds. The molecule has 1 saturated heterocycles. The van der Waals surface area contributed by atoms with Gasteiger partial charge in [-0.15, -0.1) is 0 Å². The third-order valence-corrected chi connectivity index (χ3v) is 6.42. The SMILES string of the molecule is C=C(c1ccc(N2CCC(Cc3ccccc3)CC2)c(N)c1)c1ccccc1C(=O)NC. The molecule has 1 aliphatic rings. The second kappa shape index (κ2) is 9.73. The highest BCUT2D eigenvalue weighted by molar-refractivity contribution is 6.00. The number of hydrogen-bond donors (Lipinski definition) is 2. The lowest BCUT2D eigenvalue weighted by Crippen LogP contribution is -2.34. The van der Waals surface area contributed by atoms with E-state index < -0.39 is 0 Å². The molecule has 0 atom stereocenters. The first-order chi connectivity index (χ1) is 15.6. The number of nitrogens with one attached hydrogen (secondary N) is 1. The van der Waals surface area contributed by atoms with Crippen molar-refractivity contribution in [3.8, 4) is 0 Å². The van der Waals surface area contributed by atoms with E-state index in [1.807, 2.05) is 30.3 Å². The van der Waals surface area contributed by atoms with Crippen LogP contribution in [0.15, 0.2) is 79.4 Å². The first-order valence-corrected chi connectivity index (χ1v) is 11.3. The predicted molar refractivity (Wildman–Crippen MR) is 134 cm³/mol. The highest BCUT2D eigenvalue weighted by atomic mass is 16.1. The van der Waals surface area contributed by atoms with E-state index in [0.717, 1.165) is 53.5 Å². The zero-order valence-corrected chi connectivity index (χ0v) is 18.7. The van der Waals surface area contributed by atoms with Gasteiger partial charge in [-0.3, -0.25) is 4.79 Å². The first kappa shape index (κ1) is 21.7. The molecule has 3 N–H and O–H groups in total. The van der Waals surface area contributed by atoms with E-state index in [0.29, 0.717) is 5.56 Å². The number of amides is 1. The molecule has 164 valence electrons. The Bertz CT molecular complexity index is 1100. The molecule has 0 saturated carbocycles. The van der Waals surface area contributed by atoms with E-state index in [9.17, 15) is 4.79 Å². The summed E-state index contributed by atoms with van der Waals surface area (Å²) < 4.78 is 0. The Balaban J connectivity index is 1.45. The zero-order chi connectivity index (χ0) is 22.5. The van der Waals surface area contributed by atoms with Gasteiger partial charge in [-0.05, 0) is 65.6 Å². The summed E-state index contributed by atoms with van der Waals surface area (Å²) in [6, 6.07) is 24.4. The number of hydrogen-bond acceptors (Lipinski definition) is 3. The number of piperidine rings is 1. The lowest BCUT2D eigenvalue weighted by molar-refractivity contribution is 0.0963. The van der Waals surface area contributed by atoms with Crippen molar-refractivity contribution < 1.29 is 4.79 Å². The van der Waals surface area contributed by atoms with Gasteiger partial charge in [-0.25, -0.2) is 0 Å². The fraction of sp³-hybridized carbons (Fsp3) is 0.250. The normalized spacial score (nSPS) is 14.2. The Morgan fingerprint density at radius 3 is 2.31 bits per heavy atom. The Kier molecular flexibility index (Phi) is 6.60. The average Bonchev–Trinajstić information content (AvgIpc) is 2.84. The molecule has 4 rings (SSSR count). The van der Waals surface area contributed by atoms with E-state index in [4.69, 9.17) is 5.73 Å². The Labute approximate surface area is 190 Å². The summed E-state index contributed by atoms with van der Waals surface area (Å²) in [5.41, 5.74) is 12.9. The Morgan fingerprint density at radius 1 is 1.00 bits per heavy atom.